The van der Waals surface area contributed by atoms with Gasteiger partial charge in [-0.05, 0) is 24.6 Å². The van der Waals surface area contributed by atoms with E-state index in [4.69, 9.17) is 0 Å². The molecule has 0 heterocycles. The maximum Gasteiger partial charge on any atom is 0.134 e. The third-order valence-electron chi connectivity index (χ3n) is 2.64. The molecule has 0 N–H and O–H groups in total. The summed E-state index contributed by atoms with van der Waals surface area (Å²) in [5, 5.41) is 0. The van der Waals surface area contributed by atoms with Crippen LogP contribution in [0.3, 0.4) is 0 Å². The minimum absolute atomic E-state index is 0.281. The van der Waals surface area contributed by atoms with Crippen molar-refractivity contribution in [1.29, 1.82) is 0 Å². The van der Waals surface area contributed by atoms with E-state index in [2.05, 4.69) is 25.3 Å². The molecule has 0 amide bonds. The van der Waals surface area contributed by atoms with Crippen molar-refractivity contribution >= 4 is 14.4 Å². The van der Waals surface area contributed by atoms with Crippen molar-refractivity contribution in [2.45, 2.75) is 32.0 Å². The van der Waals surface area contributed by atoms with E-state index in [9.17, 15) is 9.18 Å². The number of hydrogen-bond donors (Lipinski definition) is 0. The number of halogens is 1. The average molecular weight is 250 g/mol. The summed E-state index contributed by atoms with van der Waals surface area (Å²) in [6.45, 7) is 8.47. The minimum atomic E-state index is -1.34. The highest BCUT2D eigenvalue weighted by Gasteiger charge is 2.23. The molecule has 0 aromatic heterocycles. The van der Waals surface area contributed by atoms with Crippen LogP contribution in [0.1, 0.15) is 12.5 Å². The second kappa shape index (κ2) is 4.96. The highest BCUT2D eigenvalue weighted by Crippen LogP contribution is 2.24. The zero-order valence-electron chi connectivity index (χ0n) is 10.8. The van der Waals surface area contributed by atoms with Crippen LogP contribution in [0.4, 0.5) is 4.39 Å². The van der Waals surface area contributed by atoms with Crippen molar-refractivity contribution in [2.24, 2.45) is 0 Å². The molecule has 0 aliphatic carbocycles. The Labute approximate surface area is 103 Å². The van der Waals surface area contributed by atoms with Gasteiger partial charge in [0, 0.05) is 0 Å². The number of benzene rings is 1. The zero-order valence-corrected chi connectivity index (χ0v) is 11.8. The molecule has 0 aliphatic heterocycles. The lowest BCUT2D eigenvalue weighted by atomic mass is 9.84. The molecule has 0 saturated carbocycles. The van der Waals surface area contributed by atoms with Gasteiger partial charge in [-0.15, -0.1) is 0 Å². The van der Waals surface area contributed by atoms with Crippen molar-refractivity contribution in [1.82, 2.24) is 0 Å². The molecule has 0 spiro atoms. The van der Waals surface area contributed by atoms with Gasteiger partial charge in [0.05, 0.1) is 13.5 Å². The molecule has 1 aromatic rings. The van der Waals surface area contributed by atoms with E-state index in [0.717, 1.165) is 11.8 Å². The van der Waals surface area contributed by atoms with Crippen LogP contribution in [0.15, 0.2) is 36.0 Å². The lowest BCUT2D eigenvalue weighted by Crippen LogP contribution is -2.24. The van der Waals surface area contributed by atoms with E-state index < -0.39 is 13.5 Å². The monoisotopic (exact) mass is 250 g/mol. The van der Waals surface area contributed by atoms with E-state index >= 15 is 0 Å². The van der Waals surface area contributed by atoms with E-state index in [1.54, 1.807) is 12.1 Å². The molecule has 0 bridgehead atoms. The largest absolute Gasteiger partial charge is 0.302 e. The average Bonchev–Trinajstić information content (AvgIpc) is 2.26. The first-order valence-electron chi connectivity index (χ1n) is 5.70. The molecule has 0 unspecified atom stereocenters. The Hall–Kier alpha value is -1.22. The Bertz CT molecular complexity index is 417. The fourth-order valence-corrected chi connectivity index (χ4v) is 2.28. The highest BCUT2D eigenvalue weighted by molar-refractivity contribution is 6.81. The van der Waals surface area contributed by atoms with Gasteiger partial charge >= 0.3 is 0 Å². The predicted molar refractivity (Wildman–Crippen MR) is 72.3 cm³/mol. The van der Waals surface area contributed by atoms with Gasteiger partial charge in [0.25, 0.3) is 0 Å². The molecule has 1 rings (SSSR count). The van der Waals surface area contributed by atoms with Gasteiger partial charge in [-0.1, -0.05) is 43.5 Å². The molecule has 17 heavy (non-hydrogen) atoms. The van der Waals surface area contributed by atoms with E-state index in [-0.39, 0.29) is 5.82 Å². The SMILES string of the molecule is C[C@](C=O)(/C=C/[Si](C)(C)C)c1ccc(F)cc1. The Morgan fingerprint density at radius 1 is 1.18 bits per heavy atom. The number of carbonyl (C=O) groups excluding carboxylic acids is 1. The van der Waals surface area contributed by atoms with Crippen molar-refractivity contribution in [3.05, 3.63) is 47.4 Å². The number of hydrogen-bond acceptors (Lipinski definition) is 1. The smallest absolute Gasteiger partial charge is 0.134 e. The third-order valence-corrected chi connectivity index (χ3v) is 3.81. The van der Waals surface area contributed by atoms with Gasteiger partial charge in [-0.2, -0.15) is 0 Å². The van der Waals surface area contributed by atoms with Crippen LogP contribution in [0.25, 0.3) is 0 Å². The number of carbonyl (C=O) groups is 1. The minimum Gasteiger partial charge on any atom is -0.302 e. The summed E-state index contributed by atoms with van der Waals surface area (Å²) in [6, 6.07) is 6.11. The topological polar surface area (TPSA) is 17.1 Å². The maximum atomic E-state index is 12.9. The van der Waals surface area contributed by atoms with Crippen LogP contribution in [-0.2, 0) is 10.2 Å². The Morgan fingerprint density at radius 2 is 1.71 bits per heavy atom. The first-order chi connectivity index (χ1) is 7.77. The van der Waals surface area contributed by atoms with Crippen molar-refractivity contribution in [2.75, 3.05) is 0 Å². The second-order valence-corrected chi connectivity index (χ2v) is 10.7. The molecule has 92 valence electrons. The molecule has 0 fully saturated rings. The van der Waals surface area contributed by atoms with Gasteiger partial charge in [-0.3, -0.25) is 0 Å². The van der Waals surface area contributed by atoms with Gasteiger partial charge in [0.2, 0.25) is 0 Å². The molecular weight excluding hydrogens is 231 g/mol. The molecule has 0 saturated heterocycles. The van der Waals surface area contributed by atoms with E-state index in [1.165, 1.54) is 12.1 Å². The Kier molecular flexibility index (Phi) is 4.04. The van der Waals surface area contributed by atoms with Crippen LogP contribution >= 0.6 is 0 Å². The van der Waals surface area contributed by atoms with Crippen molar-refractivity contribution in [3.63, 3.8) is 0 Å². The van der Waals surface area contributed by atoms with Gasteiger partial charge in [0.1, 0.15) is 12.1 Å². The molecule has 1 atom stereocenters. The van der Waals surface area contributed by atoms with Crippen molar-refractivity contribution in [3.8, 4) is 0 Å². The lowest BCUT2D eigenvalue weighted by molar-refractivity contribution is -0.110. The summed E-state index contributed by atoms with van der Waals surface area (Å²) in [6.07, 6.45) is 2.86. The fraction of sp³-hybridized carbons (Fsp3) is 0.357. The van der Waals surface area contributed by atoms with E-state index in [1.807, 2.05) is 13.0 Å². The Balaban J connectivity index is 3.08. The molecular formula is C14H19FOSi. The summed E-state index contributed by atoms with van der Waals surface area (Å²) < 4.78 is 12.9. The van der Waals surface area contributed by atoms with Gasteiger partial charge in [-0.25, -0.2) is 4.39 Å². The Morgan fingerprint density at radius 3 is 2.12 bits per heavy atom. The molecule has 1 aromatic carbocycles. The first kappa shape index (κ1) is 13.8. The zero-order chi connectivity index (χ0) is 13.1. The van der Waals surface area contributed by atoms with Crippen LogP contribution in [0.2, 0.25) is 19.6 Å². The summed E-state index contributed by atoms with van der Waals surface area (Å²) in [5.74, 6) is -0.281. The fourth-order valence-electron chi connectivity index (χ4n) is 1.44. The summed E-state index contributed by atoms with van der Waals surface area (Å²) in [7, 11) is -1.34. The second-order valence-electron chi connectivity index (χ2n) is 5.61. The summed E-state index contributed by atoms with van der Waals surface area (Å²) >= 11 is 0. The van der Waals surface area contributed by atoms with Gasteiger partial charge < -0.3 is 4.79 Å². The molecule has 1 nitrogen and oxygen atoms in total. The van der Waals surface area contributed by atoms with Crippen molar-refractivity contribution < 1.29 is 9.18 Å². The van der Waals surface area contributed by atoms with Crippen LogP contribution in [0, 0.1) is 5.82 Å². The number of aldehydes is 1. The third kappa shape index (κ3) is 3.93. The summed E-state index contributed by atoms with van der Waals surface area (Å²) in [5.41, 5.74) is 2.31. The number of allylic oxidation sites excluding steroid dienone is 1. The van der Waals surface area contributed by atoms with Crippen LogP contribution in [0.5, 0.6) is 0 Å². The normalized spacial score (nSPS) is 15.8. The van der Waals surface area contributed by atoms with Crippen LogP contribution < -0.4 is 0 Å². The molecule has 0 aliphatic rings. The first-order valence-corrected chi connectivity index (χ1v) is 9.27. The number of rotatable bonds is 4. The maximum absolute atomic E-state index is 12.9. The quantitative estimate of drug-likeness (QED) is 0.588. The molecule has 0 radical (unpaired) electrons. The predicted octanol–water partition coefficient (Wildman–Crippen LogP) is 3.72. The summed E-state index contributed by atoms with van der Waals surface area (Å²) in [4.78, 5) is 11.3. The van der Waals surface area contributed by atoms with E-state index in [0.29, 0.717) is 0 Å². The van der Waals surface area contributed by atoms with Gasteiger partial charge in [0.15, 0.2) is 0 Å². The molecule has 3 heteroatoms. The highest BCUT2D eigenvalue weighted by atomic mass is 28.3. The lowest BCUT2D eigenvalue weighted by Gasteiger charge is -2.21. The standard InChI is InChI=1S/C14H19FOSi/c1-14(11-16,9-10-17(2,3)4)12-5-7-13(15)8-6-12/h5-11H,1-4H3/b10-9+/t14-/m1/s1. The van der Waals surface area contributed by atoms with Crippen LogP contribution in [-0.4, -0.2) is 14.4 Å².